The van der Waals surface area contributed by atoms with E-state index in [4.69, 9.17) is 11.6 Å². The number of rotatable bonds is 6. The van der Waals surface area contributed by atoms with Gasteiger partial charge in [0, 0.05) is 22.5 Å². The van der Waals surface area contributed by atoms with Crippen molar-refractivity contribution in [2.75, 3.05) is 10.6 Å². The largest absolute Gasteiger partial charge is 0.323 e. The second-order valence-electron chi connectivity index (χ2n) is 7.32. The minimum Gasteiger partial charge on any atom is -0.323 e. The van der Waals surface area contributed by atoms with E-state index in [1.807, 2.05) is 19.9 Å². The zero-order valence-electron chi connectivity index (χ0n) is 17.7. The zero-order chi connectivity index (χ0) is 22.7. The Labute approximate surface area is 185 Å². The lowest BCUT2D eigenvalue weighted by molar-refractivity contribution is -0.119. The Kier molecular flexibility index (Phi) is 6.56. The molecule has 2 aromatic carbocycles. The smallest absolute Gasteiger partial charge is 0.255 e. The third-order valence-corrected chi connectivity index (χ3v) is 5.14. The highest BCUT2D eigenvalue weighted by atomic mass is 35.5. The van der Waals surface area contributed by atoms with Crippen LogP contribution in [0, 0.1) is 13.8 Å². The third kappa shape index (κ3) is 5.19. The molecule has 0 bridgehead atoms. The van der Waals surface area contributed by atoms with Crippen LogP contribution in [0.4, 0.5) is 11.4 Å². The quantitative estimate of drug-likeness (QED) is 0.540. The molecule has 160 valence electrons. The molecular formula is C23H23ClN4O3. The summed E-state index contributed by atoms with van der Waals surface area (Å²) in [7, 11) is 0. The molecule has 2 amide bonds. The van der Waals surface area contributed by atoms with Crippen molar-refractivity contribution in [1.82, 2.24) is 9.78 Å². The molecule has 0 aliphatic carbocycles. The molecule has 8 heteroatoms. The molecule has 0 aliphatic rings. The van der Waals surface area contributed by atoms with Crippen molar-refractivity contribution in [3.8, 4) is 0 Å². The molecule has 1 unspecified atom stereocenters. The monoisotopic (exact) mass is 438 g/mol. The van der Waals surface area contributed by atoms with Gasteiger partial charge in [-0.15, -0.1) is 0 Å². The summed E-state index contributed by atoms with van der Waals surface area (Å²) in [5, 5.41) is 10.2. The summed E-state index contributed by atoms with van der Waals surface area (Å²) in [5.41, 5.74) is 3.59. The maximum atomic E-state index is 12.6. The van der Waals surface area contributed by atoms with E-state index in [9.17, 15) is 14.4 Å². The molecule has 3 aromatic rings. The number of nitrogens with one attached hydrogen (secondary N) is 2. The zero-order valence-corrected chi connectivity index (χ0v) is 18.4. The lowest BCUT2D eigenvalue weighted by atomic mass is 10.1. The van der Waals surface area contributed by atoms with E-state index >= 15 is 0 Å². The minimum atomic E-state index is -0.512. The van der Waals surface area contributed by atoms with E-state index in [1.54, 1.807) is 54.1 Å². The van der Waals surface area contributed by atoms with Crippen LogP contribution < -0.4 is 10.6 Å². The average molecular weight is 439 g/mol. The first-order chi connectivity index (χ1) is 14.7. The van der Waals surface area contributed by atoms with E-state index in [1.165, 1.54) is 6.92 Å². The SMILES string of the molecule is CC(=O)c1ccc(C(=O)Nc2ccc(NC(=O)C(C)n3nc(C)cc3C)c(Cl)c2)cc1. The van der Waals surface area contributed by atoms with Crippen LogP contribution in [0.1, 0.15) is 52.0 Å². The number of hydrogen-bond acceptors (Lipinski definition) is 4. The Hall–Kier alpha value is -3.45. The summed E-state index contributed by atoms with van der Waals surface area (Å²) in [6.45, 7) is 6.99. The Morgan fingerprint density at radius 2 is 1.61 bits per heavy atom. The number of carbonyl (C=O) groups excluding carboxylic acids is 3. The molecule has 0 radical (unpaired) electrons. The van der Waals surface area contributed by atoms with Crippen molar-refractivity contribution in [3.05, 3.63) is 76.1 Å². The number of ketones is 1. The van der Waals surface area contributed by atoms with Gasteiger partial charge in [0.2, 0.25) is 5.91 Å². The number of carbonyl (C=O) groups is 3. The van der Waals surface area contributed by atoms with Crippen LogP contribution in [0.2, 0.25) is 5.02 Å². The van der Waals surface area contributed by atoms with E-state index in [-0.39, 0.29) is 17.6 Å². The molecule has 0 aliphatic heterocycles. The summed E-state index contributed by atoms with van der Waals surface area (Å²) in [4.78, 5) is 36.4. The van der Waals surface area contributed by atoms with E-state index in [0.717, 1.165) is 11.4 Å². The second kappa shape index (κ2) is 9.14. The molecular weight excluding hydrogens is 416 g/mol. The standard InChI is InChI=1S/C23H23ClN4O3/c1-13-11-14(2)28(27-13)15(3)22(30)26-21-10-9-19(12-20(21)24)25-23(31)18-7-5-17(6-8-18)16(4)29/h5-12,15H,1-4H3,(H,25,31)(H,26,30). The highest BCUT2D eigenvalue weighted by Crippen LogP contribution is 2.27. The van der Waals surface area contributed by atoms with Gasteiger partial charge in [-0.1, -0.05) is 23.7 Å². The topological polar surface area (TPSA) is 93.1 Å². The van der Waals surface area contributed by atoms with Crippen molar-refractivity contribution >= 4 is 40.6 Å². The lowest BCUT2D eigenvalue weighted by Gasteiger charge is -2.16. The minimum absolute atomic E-state index is 0.0662. The van der Waals surface area contributed by atoms with Crippen LogP contribution in [0.3, 0.4) is 0 Å². The summed E-state index contributed by atoms with van der Waals surface area (Å²) >= 11 is 6.32. The number of aromatic nitrogens is 2. The molecule has 1 atom stereocenters. The number of nitrogens with zero attached hydrogens (tertiary/aromatic N) is 2. The molecule has 3 rings (SSSR count). The highest BCUT2D eigenvalue weighted by Gasteiger charge is 2.19. The normalized spacial score (nSPS) is 11.6. The number of hydrogen-bond donors (Lipinski definition) is 2. The summed E-state index contributed by atoms with van der Waals surface area (Å²) < 4.78 is 1.66. The summed E-state index contributed by atoms with van der Waals surface area (Å²) in [6.07, 6.45) is 0. The number of amides is 2. The fourth-order valence-electron chi connectivity index (χ4n) is 3.14. The van der Waals surface area contributed by atoms with Gasteiger partial charge in [-0.2, -0.15) is 5.10 Å². The predicted octanol–water partition coefficient (Wildman–Crippen LogP) is 4.81. The van der Waals surface area contributed by atoms with E-state index < -0.39 is 6.04 Å². The number of Topliss-reactive ketones (excluding diaryl/α,β-unsaturated/α-hetero) is 1. The molecule has 0 fully saturated rings. The Bertz CT molecular complexity index is 1150. The van der Waals surface area contributed by atoms with Crippen LogP contribution in [0.5, 0.6) is 0 Å². The third-order valence-electron chi connectivity index (χ3n) is 4.83. The van der Waals surface area contributed by atoms with Gasteiger partial charge in [-0.05, 0) is 64.1 Å². The van der Waals surface area contributed by atoms with Crippen LogP contribution >= 0.6 is 11.6 Å². The number of anilines is 2. The fraction of sp³-hybridized carbons (Fsp3) is 0.217. The number of aryl methyl sites for hydroxylation is 2. The Balaban J connectivity index is 1.68. The Morgan fingerprint density at radius 3 is 2.16 bits per heavy atom. The average Bonchev–Trinajstić information content (AvgIpc) is 3.07. The van der Waals surface area contributed by atoms with Gasteiger partial charge in [0.25, 0.3) is 5.91 Å². The molecule has 7 nitrogen and oxygen atoms in total. The van der Waals surface area contributed by atoms with Crippen molar-refractivity contribution in [2.45, 2.75) is 33.7 Å². The van der Waals surface area contributed by atoms with Crippen molar-refractivity contribution in [2.24, 2.45) is 0 Å². The molecule has 31 heavy (non-hydrogen) atoms. The summed E-state index contributed by atoms with van der Waals surface area (Å²) in [5.74, 6) is -0.653. The Morgan fingerprint density at radius 1 is 0.968 bits per heavy atom. The molecule has 0 saturated heterocycles. The van der Waals surface area contributed by atoms with Gasteiger partial charge in [0.05, 0.1) is 16.4 Å². The van der Waals surface area contributed by atoms with Gasteiger partial charge >= 0.3 is 0 Å². The molecule has 0 saturated carbocycles. The van der Waals surface area contributed by atoms with Gasteiger partial charge < -0.3 is 10.6 Å². The molecule has 1 aromatic heterocycles. The van der Waals surface area contributed by atoms with Crippen molar-refractivity contribution in [1.29, 1.82) is 0 Å². The lowest BCUT2D eigenvalue weighted by Crippen LogP contribution is -2.25. The van der Waals surface area contributed by atoms with E-state index in [0.29, 0.717) is 27.5 Å². The van der Waals surface area contributed by atoms with Crippen LogP contribution in [0.25, 0.3) is 0 Å². The van der Waals surface area contributed by atoms with Crippen LogP contribution in [-0.2, 0) is 4.79 Å². The van der Waals surface area contributed by atoms with Crippen LogP contribution in [-0.4, -0.2) is 27.4 Å². The molecule has 1 heterocycles. The van der Waals surface area contributed by atoms with Gasteiger partial charge in [-0.25, -0.2) is 0 Å². The van der Waals surface area contributed by atoms with E-state index in [2.05, 4.69) is 15.7 Å². The first-order valence-electron chi connectivity index (χ1n) is 9.71. The first kappa shape index (κ1) is 22.2. The predicted molar refractivity (Wildman–Crippen MR) is 121 cm³/mol. The molecule has 0 spiro atoms. The van der Waals surface area contributed by atoms with Gasteiger partial charge in [0.1, 0.15) is 6.04 Å². The molecule has 2 N–H and O–H groups in total. The van der Waals surface area contributed by atoms with Crippen molar-refractivity contribution in [3.63, 3.8) is 0 Å². The second-order valence-corrected chi connectivity index (χ2v) is 7.73. The van der Waals surface area contributed by atoms with Gasteiger partial charge in [0.15, 0.2) is 5.78 Å². The first-order valence-corrected chi connectivity index (χ1v) is 10.1. The van der Waals surface area contributed by atoms with Crippen molar-refractivity contribution < 1.29 is 14.4 Å². The number of benzene rings is 2. The summed E-state index contributed by atoms with van der Waals surface area (Å²) in [6, 6.07) is 12.6. The maximum Gasteiger partial charge on any atom is 0.255 e. The maximum absolute atomic E-state index is 12.6. The van der Waals surface area contributed by atoms with Crippen LogP contribution in [0.15, 0.2) is 48.5 Å². The number of halogens is 1. The fourth-order valence-corrected chi connectivity index (χ4v) is 3.37. The van der Waals surface area contributed by atoms with Gasteiger partial charge in [-0.3, -0.25) is 19.1 Å². The highest BCUT2D eigenvalue weighted by molar-refractivity contribution is 6.34.